The van der Waals surface area contributed by atoms with Crippen LogP contribution in [0.5, 0.6) is 5.75 Å². The number of aryl methyl sites for hydroxylation is 1. The van der Waals surface area contributed by atoms with Crippen LogP contribution in [0, 0.1) is 17.3 Å². The second kappa shape index (κ2) is 10.7. The van der Waals surface area contributed by atoms with Crippen LogP contribution in [0.15, 0.2) is 12.1 Å². The van der Waals surface area contributed by atoms with Crippen LogP contribution in [0.25, 0.3) is 0 Å². The first-order valence-corrected chi connectivity index (χ1v) is 14.8. The molecule has 1 saturated heterocycles. The Morgan fingerprint density at radius 1 is 1.24 bits per heavy atom. The summed E-state index contributed by atoms with van der Waals surface area (Å²) >= 11 is 6.64. The van der Waals surface area contributed by atoms with E-state index < -0.39 is 30.7 Å². The lowest BCUT2D eigenvalue weighted by Crippen LogP contribution is -2.50. The van der Waals surface area contributed by atoms with Gasteiger partial charge in [-0.05, 0) is 54.7 Å². The van der Waals surface area contributed by atoms with Crippen molar-refractivity contribution in [3.05, 3.63) is 39.7 Å². The summed E-state index contributed by atoms with van der Waals surface area (Å²) in [6, 6.07) is 2.57. The Balaban J connectivity index is 1.36. The van der Waals surface area contributed by atoms with Gasteiger partial charge < -0.3 is 14.5 Å². The monoisotopic (exact) mass is 611 g/mol. The van der Waals surface area contributed by atoms with E-state index in [-0.39, 0.29) is 67.1 Å². The van der Waals surface area contributed by atoms with Crippen LogP contribution in [-0.4, -0.2) is 62.2 Å². The standard InChI is InChI=1S/C29H34ClF4N5O3/c1-16-5-7-29(33,34)11-18(16)27(41)39-10-6-17-19(30)3-4-22(42-14-20-25(26(31)32)37(2)36-35-20)24(17)21(39)13-38-15-28(8-9-28)12-23(38)40/h3-4,16,18,21,26H,5-15H2,1-2H3/t16-,18+,21+/m0/s1. The number of nitrogens with zero attached hydrogens (tertiary/aromatic N) is 5. The number of ether oxygens (including phenoxy) is 1. The maximum Gasteiger partial charge on any atom is 0.282 e. The summed E-state index contributed by atoms with van der Waals surface area (Å²) in [5, 5.41) is 7.98. The molecule has 2 aliphatic heterocycles. The summed E-state index contributed by atoms with van der Waals surface area (Å²) in [5.41, 5.74) is 0.890. The van der Waals surface area contributed by atoms with E-state index in [2.05, 4.69) is 10.3 Å². The zero-order valence-corrected chi connectivity index (χ0v) is 24.3. The summed E-state index contributed by atoms with van der Waals surface area (Å²) in [4.78, 5) is 30.5. The van der Waals surface area contributed by atoms with Crippen LogP contribution >= 0.6 is 11.6 Å². The molecule has 0 bridgehead atoms. The normalized spacial score (nSPS) is 26.2. The van der Waals surface area contributed by atoms with Gasteiger partial charge >= 0.3 is 0 Å². The SMILES string of the molecule is C[C@H]1CCC(F)(F)C[C@H]1C(=O)N1CCc2c(Cl)ccc(OCc3nnn(C)c3C(F)F)c2[C@H]1CN1CC2(CC2)CC1=O. The van der Waals surface area contributed by atoms with Gasteiger partial charge in [0, 0.05) is 62.4 Å². The maximum absolute atomic E-state index is 14.5. The van der Waals surface area contributed by atoms with Crippen molar-refractivity contribution in [1.82, 2.24) is 24.8 Å². The Morgan fingerprint density at radius 3 is 2.69 bits per heavy atom. The molecule has 6 rings (SSSR count). The van der Waals surface area contributed by atoms with Crippen molar-refractivity contribution in [2.45, 2.75) is 76.9 Å². The number of alkyl halides is 4. The van der Waals surface area contributed by atoms with Gasteiger partial charge in [0.25, 0.3) is 6.43 Å². The van der Waals surface area contributed by atoms with E-state index in [0.717, 1.165) is 23.1 Å². The molecule has 1 aromatic heterocycles. The molecule has 1 aromatic carbocycles. The van der Waals surface area contributed by atoms with E-state index in [1.807, 2.05) is 6.92 Å². The van der Waals surface area contributed by atoms with Crippen LogP contribution < -0.4 is 4.74 Å². The van der Waals surface area contributed by atoms with Crippen LogP contribution in [0.1, 0.15) is 80.4 Å². The van der Waals surface area contributed by atoms with Gasteiger partial charge in [0.05, 0.1) is 6.04 Å². The third kappa shape index (κ3) is 5.35. The Labute approximate surface area is 246 Å². The van der Waals surface area contributed by atoms with Crippen LogP contribution in [-0.2, 0) is 29.7 Å². The van der Waals surface area contributed by atoms with Gasteiger partial charge in [-0.2, -0.15) is 0 Å². The molecule has 8 nitrogen and oxygen atoms in total. The zero-order chi connectivity index (χ0) is 30.0. The third-order valence-corrected chi connectivity index (χ3v) is 9.97. The number of carbonyl (C=O) groups excluding carboxylic acids is 2. The van der Waals surface area contributed by atoms with Crippen LogP contribution in [0.4, 0.5) is 17.6 Å². The van der Waals surface area contributed by atoms with Gasteiger partial charge in [-0.25, -0.2) is 22.2 Å². The molecule has 0 N–H and O–H groups in total. The molecule has 42 heavy (non-hydrogen) atoms. The Morgan fingerprint density at radius 2 is 2.00 bits per heavy atom. The molecule has 2 aromatic rings. The minimum absolute atomic E-state index is 0.00442. The molecule has 2 aliphatic carbocycles. The average molecular weight is 612 g/mol. The molecule has 1 spiro atoms. The van der Waals surface area contributed by atoms with E-state index >= 15 is 0 Å². The lowest BCUT2D eigenvalue weighted by molar-refractivity contribution is -0.150. The van der Waals surface area contributed by atoms with Gasteiger partial charge in [-0.3, -0.25) is 9.59 Å². The van der Waals surface area contributed by atoms with E-state index in [9.17, 15) is 27.2 Å². The fourth-order valence-electron chi connectivity index (χ4n) is 6.96. The first-order valence-electron chi connectivity index (χ1n) is 14.4. The lowest BCUT2D eigenvalue weighted by Gasteiger charge is -2.44. The topological polar surface area (TPSA) is 80.6 Å². The van der Waals surface area contributed by atoms with E-state index in [1.165, 1.54) is 7.05 Å². The molecule has 3 atom stereocenters. The van der Waals surface area contributed by atoms with Crippen molar-refractivity contribution < 1.29 is 31.9 Å². The summed E-state index contributed by atoms with van der Waals surface area (Å²) < 4.78 is 63.4. The minimum Gasteiger partial charge on any atom is -0.487 e. The van der Waals surface area contributed by atoms with Crippen LogP contribution in [0.3, 0.4) is 0 Å². The minimum atomic E-state index is -2.92. The summed E-state index contributed by atoms with van der Waals surface area (Å²) in [6.45, 7) is 2.52. The summed E-state index contributed by atoms with van der Waals surface area (Å²) in [6.07, 6.45) is -0.574. The Kier molecular flexibility index (Phi) is 7.42. The van der Waals surface area contributed by atoms with Crippen molar-refractivity contribution in [1.29, 1.82) is 0 Å². The molecule has 2 amide bonds. The van der Waals surface area contributed by atoms with Gasteiger partial charge in [0.15, 0.2) is 0 Å². The maximum atomic E-state index is 14.5. The van der Waals surface area contributed by atoms with Gasteiger partial charge in [0.1, 0.15) is 23.7 Å². The van der Waals surface area contributed by atoms with Crippen molar-refractivity contribution in [2.75, 3.05) is 19.6 Å². The Bertz CT molecular complexity index is 1400. The van der Waals surface area contributed by atoms with Crippen molar-refractivity contribution in [2.24, 2.45) is 24.3 Å². The number of fused-ring (bicyclic) bond motifs is 1. The highest BCUT2D eigenvalue weighted by Gasteiger charge is 2.53. The number of hydrogen-bond donors (Lipinski definition) is 0. The van der Waals surface area contributed by atoms with E-state index in [1.54, 1.807) is 21.9 Å². The summed E-state index contributed by atoms with van der Waals surface area (Å²) in [7, 11) is 1.37. The van der Waals surface area contributed by atoms with Gasteiger partial charge in [-0.15, -0.1) is 5.10 Å². The second-order valence-corrected chi connectivity index (χ2v) is 12.9. The molecule has 3 fully saturated rings. The number of amides is 2. The molecular weight excluding hydrogens is 578 g/mol. The number of benzene rings is 1. The number of aromatic nitrogens is 3. The number of rotatable bonds is 7. The number of halogens is 5. The highest BCUT2D eigenvalue weighted by atomic mass is 35.5. The molecular formula is C29H34ClF4N5O3. The predicted molar refractivity (Wildman–Crippen MR) is 144 cm³/mol. The van der Waals surface area contributed by atoms with Crippen LogP contribution in [0.2, 0.25) is 5.02 Å². The Hall–Kier alpha value is -2.89. The van der Waals surface area contributed by atoms with Crippen molar-refractivity contribution in [3.63, 3.8) is 0 Å². The highest BCUT2D eigenvalue weighted by molar-refractivity contribution is 6.31. The van der Waals surface area contributed by atoms with E-state index in [4.69, 9.17) is 16.3 Å². The lowest BCUT2D eigenvalue weighted by atomic mass is 9.77. The average Bonchev–Trinajstić information content (AvgIpc) is 3.46. The molecule has 13 heteroatoms. The van der Waals surface area contributed by atoms with Crippen molar-refractivity contribution in [3.8, 4) is 5.75 Å². The molecule has 228 valence electrons. The van der Waals surface area contributed by atoms with Gasteiger partial charge in [-0.1, -0.05) is 23.7 Å². The highest BCUT2D eigenvalue weighted by Crippen LogP contribution is 2.54. The first-order chi connectivity index (χ1) is 19.9. The number of carbonyl (C=O) groups is 2. The van der Waals surface area contributed by atoms with Crippen molar-refractivity contribution >= 4 is 23.4 Å². The largest absolute Gasteiger partial charge is 0.487 e. The predicted octanol–water partition coefficient (Wildman–Crippen LogP) is 5.49. The molecule has 3 heterocycles. The second-order valence-electron chi connectivity index (χ2n) is 12.5. The molecule has 4 aliphatic rings. The quantitative estimate of drug-likeness (QED) is 0.387. The fraction of sp³-hybridized carbons (Fsp3) is 0.655. The molecule has 2 saturated carbocycles. The smallest absolute Gasteiger partial charge is 0.282 e. The van der Waals surface area contributed by atoms with E-state index in [0.29, 0.717) is 35.7 Å². The first kappa shape index (κ1) is 29.2. The third-order valence-electron chi connectivity index (χ3n) is 9.61. The zero-order valence-electron chi connectivity index (χ0n) is 23.6. The summed E-state index contributed by atoms with van der Waals surface area (Å²) in [5.74, 6) is -4.06. The number of hydrogen-bond acceptors (Lipinski definition) is 5. The fourth-order valence-corrected chi connectivity index (χ4v) is 7.22. The molecule has 0 unspecified atom stereocenters. The van der Waals surface area contributed by atoms with Gasteiger partial charge in [0.2, 0.25) is 17.7 Å². The number of likely N-dealkylation sites (tertiary alicyclic amines) is 1. The molecule has 0 radical (unpaired) electrons.